The molecule has 22 heavy (non-hydrogen) atoms. The van der Waals surface area contributed by atoms with Gasteiger partial charge in [-0.1, -0.05) is 52.6 Å². The lowest BCUT2D eigenvalue weighted by atomic mass is 9.92. The van der Waals surface area contributed by atoms with Crippen LogP contribution in [0, 0.1) is 27.7 Å². The fourth-order valence-corrected chi connectivity index (χ4v) is 3.60. The smallest absolute Gasteiger partial charge is 0.00761 e. The number of fused-ring (bicyclic) bond motifs is 1. The van der Waals surface area contributed by atoms with Crippen LogP contribution in [0.15, 0.2) is 42.0 Å². The standard InChI is InChI=1S/C22H24/c1-13(2)19-12-20(18-9-14(3)7-15(4)10-18)21-11-16(5)8-17(6)22(19)21/h7-12H,1-6H3. The lowest BCUT2D eigenvalue weighted by molar-refractivity contribution is 1.32. The van der Waals surface area contributed by atoms with Crippen LogP contribution >= 0.6 is 0 Å². The molecule has 0 N–H and O–H groups in total. The van der Waals surface area contributed by atoms with E-state index in [0.717, 1.165) is 0 Å². The second-order valence-electron chi connectivity index (χ2n) is 6.85. The van der Waals surface area contributed by atoms with Crippen molar-refractivity contribution in [2.45, 2.75) is 41.5 Å². The van der Waals surface area contributed by atoms with Crippen LogP contribution in [0.5, 0.6) is 0 Å². The normalized spacial score (nSPS) is 13.2. The van der Waals surface area contributed by atoms with Crippen molar-refractivity contribution >= 4 is 11.1 Å². The van der Waals surface area contributed by atoms with Gasteiger partial charge in [0.05, 0.1) is 0 Å². The Balaban J connectivity index is 2.31. The quantitative estimate of drug-likeness (QED) is 0.589. The molecule has 0 radical (unpaired) electrons. The molecule has 0 fully saturated rings. The van der Waals surface area contributed by atoms with Crippen LogP contribution in [-0.4, -0.2) is 0 Å². The molecule has 0 spiro atoms. The van der Waals surface area contributed by atoms with E-state index >= 15 is 0 Å². The van der Waals surface area contributed by atoms with E-state index in [1.165, 1.54) is 55.7 Å². The average molecular weight is 288 g/mol. The summed E-state index contributed by atoms with van der Waals surface area (Å²) < 4.78 is 0. The van der Waals surface area contributed by atoms with Crippen molar-refractivity contribution in [2.75, 3.05) is 0 Å². The summed E-state index contributed by atoms with van der Waals surface area (Å²) in [6.07, 6.45) is 2.38. The molecule has 0 saturated carbocycles. The number of aryl methyl sites for hydroxylation is 4. The molecule has 112 valence electrons. The molecule has 0 atom stereocenters. The Labute approximate surface area is 134 Å². The zero-order valence-electron chi connectivity index (χ0n) is 14.5. The summed E-state index contributed by atoms with van der Waals surface area (Å²) in [5, 5.41) is 0. The van der Waals surface area contributed by atoms with Crippen LogP contribution in [0.1, 0.15) is 52.8 Å². The monoisotopic (exact) mass is 288 g/mol. The lowest BCUT2D eigenvalue weighted by Crippen LogP contribution is -1.93. The first-order valence-electron chi connectivity index (χ1n) is 7.96. The third-order valence-electron chi connectivity index (χ3n) is 4.40. The molecular weight excluding hydrogens is 264 g/mol. The van der Waals surface area contributed by atoms with E-state index in [4.69, 9.17) is 0 Å². The minimum absolute atomic E-state index is 1.33. The second kappa shape index (κ2) is 5.28. The maximum atomic E-state index is 2.38. The van der Waals surface area contributed by atoms with Gasteiger partial charge in [0.2, 0.25) is 0 Å². The first kappa shape index (κ1) is 14.8. The highest BCUT2D eigenvalue weighted by molar-refractivity contribution is 6.02. The molecule has 0 nitrogen and oxygen atoms in total. The van der Waals surface area contributed by atoms with Crippen molar-refractivity contribution in [3.05, 3.63) is 80.9 Å². The van der Waals surface area contributed by atoms with Crippen molar-refractivity contribution < 1.29 is 0 Å². The number of hydrogen-bond acceptors (Lipinski definition) is 0. The Morgan fingerprint density at radius 2 is 1.32 bits per heavy atom. The summed E-state index contributed by atoms with van der Waals surface area (Å²) in [5.41, 5.74) is 13.6. The molecule has 0 saturated heterocycles. The van der Waals surface area contributed by atoms with E-state index in [0.29, 0.717) is 0 Å². The largest absolute Gasteiger partial charge is 0.0685 e. The van der Waals surface area contributed by atoms with Gasteiger partial charge in [0.25, 0.3) is 0 Å². The molecule has 2 aromatic rings. The average Bonchev–Trinajstić information content (AvgIpc) is 2.77. The first-order chi connectivity index (χ1) is 10.4. The summed E-state index contributed by atoms with van der Waals surface area (Å²) in [6, 6.07) is 11.5. The summed E-state index contributed by atoms with van der Waals surface area (Å²) in [5.74, 6) is 0. The van der Waals surface area contributed by atoms with Gasteiger partial charge in [-0.05, 0) is 81.0 Å². The maximum absolute atomic E-state index is 2.38. The Kier molecular flexibility index (Phi) is 3.56. The Morgan fingerprint density at radius 3 is 1.91 bits per heavy atom. The van der Waals surface area contributed by atoms with Crippen molar-refractivity contribution in [3.8, 4) is 0 Å². The van der Waals surface area contributed by atoms with Crippen molar-refractivity contribution in [1.29, 1.82) is 0 Å². The molecule has 0 heteroatoms. The van der Waals surface area contributed by atoms with Gasteiger partial charge in [-0.3, -0.25) is 0 Å². The van der Waals surface area contributed by atoms with E-state index in [1.807, 2.05) is 0 Å². The van der Waals surface area contributed by atoms with E-state index in [1.54, 1.807) is 0 Å². The Hall–Kier alpha value is -2.08. The van der Waals surface area contributed by atoms with Crippen molar-refractivity contribution in [3.63, 3.8) is 0 Å². The topological polar surface area (TPSA) is 0 Å². The SMILES string of the molecule is CC(C)=C1C=C(c2cc(C)cc(C)c2)c2cc(C)cc(C)c21. The predicted molar refractivity (Wildman–Crippen MR) is 97.2 cm³/mol. The molecule has 0 bridgehead atoms. The molecule has 0 heterocycles. The second-order valence-corrected chi connectivity index (χ2v) is 6.85. The van der Waals surface area contributed by atoms with Gasteiger partial charge in [-0.25, -0.2) is 0 Å². The van der Waals surface area contributed by atoms with E-state index in [9.17, 15) is 0 Å². The van der Waals surface area contributed by atoms with Crippen LogP contribution in [0.4, 0.5) is 0 Å². The number of allylic oxidation sites excluding steroid dienone is 3. The number of rotatable bonds is 1. The lowest BCUT2D eigenvalue weighted by Gasteiger charge is -2.12. The highest BCUT2D eigenvalue weighted by Gasteiger charge is 2.22. The zero-order chi connectivity index (χ0) is 16.0. The Morgan fingerprint density at radius 1 is 0.727 bits per heavy atom. The summed E-state index contributed by atoms with van der Waals surface area (Å²) in [4.78, 5) is 0. The summed E-state index contributed by atoms with van der Waals surface area (Å²) in [6.45, 7) is 13.2. The van der Waals surface area contributed by atoms with Gasteiger partial charge >= 0.3 is 0 Å². The van der Waals surface area contributed by atoms with Gasteiger partial charge < -0.3 is 0 Å². The number of benzene rings is 2. The van der Waals surface area contributed by atoms with E-state index in [2.05, 4.69) is 78.0 Å². The summed E-state index contributed by atoms with van der Waals surface area (Å²) >= 11 is 0. The third kappa shape index (κ3) is 2.43. The molecular formula is C22H24. The minimum atomic E-state index is 1.33. The highest BCUT2D eigenvalue weighted by Crippen LogP contribution is 2.42. The minimum Gasteiger partial charge on any atom is -0.0685 e. The fraction of sp³-hybridized carbons (Fsp3) is 0.273. The van der Waals surface area contributed by atoms with Crippen LogP contribution < -0.4 is 0 Å². The van der Waals surface area contributed by atoms with Crippen molar-refractivity contribution in [1.82, 2.24) is 0 Å². The first-order valence-corrected chi connectivity index (χ1v) is 7.96. The van der Waals surface area contributed by atoms with Crippen LogP contribution in [0.25, 0.3) is 11.1 Å². The molecule has 2 aromatic carbocycles. The predicted octanol–water partition coefficient (Wildman–Crippen LogP) is 6.16. The van der Waals surface area contributed by atoms with Gasteiger partial charge in [-0.2, -0.15) is 0 Å². The van der Waals surface area contributed by atoms with E-state index < -0.39 is 0 Å². The third-order valence-corrected chi connectivity index (χ3v) is 4.40. The summed E-state index contributed by atoms with van der Waals surface area (Å²) in [7, 11) is 0. The number of hydrogen-bond donors (Lipinski definition) is 0. The van der Waals surface area contributed by atoms with Gasteiger partial charge in [-0.15, -0.1) is 0 Å². The zero-order valence-corrected chi connectivity index (χ0v) is 14.5. The van der Waals surface area contributed by atoms with Crippen molar-refractivity contribution in [2.24, 2.45) is 0 Å². The maximum Gasteiger partial charge on any atom is -0.00761 e. The molecule has 0 amide bonds. The van der Waals surface area contributed by atoms with Crippen LogP contribution in [0.3, 0.4) is 0 Å². The molecule has 1 aliphatic rings. The van der Waals surface area contributed by atoms with E-state index in [-0.39, 0.29) is 0 Å². The molecule has 0 aromatic heterocycles. The molecule has 0 unspecified atom stereocenters. The van der Waals surface area contributed by atoms with Crippen LogP contribution in [-0.2, 0) is 0 Å². The molecule has 0 aliphatic heterocycles. The van der Waals surface area contributed by atoms with Crippen LogP contribution in [0.2, 0.25) is 0 Å². The molecule has 1 aliphatic carbocycles. The Bertz CT molecular complexity index is 805. The molecule has 3 rings (SSSR count). The highest BCUT2D eigenvalue weighted by atomic mass is 14.3. The van der Waals surface area contributed by atoms with Gasteiger partial charge in [0, 0.05) is 0 Å². The van der Waals surface area contributed by atoms with Gasteiger partial charge in [0.1, 0.15) is 0 Å². The fourth-order valence-electron chi connectivity index (χ4n) is 3.60. The van der Waals surface area contributed by atoms with Gasteiger partial charge in [0.15, 0.2) is 0 Å².